The highest BCUT2D eigenvalue weighted by Gasteiger charge is 2.24. The zero-order chi connectivity index (χ0) is 22.3. The number of nitrogens with zero attached hydrogens (tertiary/aromatic N) is 4. The van der Waals surface area contributed by atoms with Crippen molar-refractivity contribution in [1.29, 1.82) is 0 Å². The third-order valence-electron chi connectivity index (χ3n) is 6.17. The molecule has 0 atom stereocenters. The number of piperidine rings is 1. The second kappa shape index (κ2) is 10.6. The molecule has 0 unspecified atom stereocenters. The molecule has 3 heterocycles. The summed E-state index contributed by atoms with van der Waals surface area (Å²) in [5.41, 5.74) is 3.26. The molecule has 0 bridgehead atoms. The first-order valence-electron chi connectivity index (χ1n) is 11.8. The third-order valence-corrected chi connectivity index (χ3v) is 6.17. The molecule has 1 aliphatic heterocycles. The quantitative estimate of drug-likeness (QED) is 0.350. The van der Waals surface area contributed by atoms with Crippen LogP contribution in [0.2, 0.25) is 0 Å². The van der Waals surface area contributed by atoms with Crippen molar-refractivity contribution >= 4 is 5.65 Å². The Morgan fingerprint density at radius 2 is 1.58 bits per heavy atom. The van der Waals surface area contributed by atoms with Gasteiger partial charge >= 0.3 is 0 Å². The summed E-state index contributed by atoms with van der Waals surface area (Å²) in [7, 11) is 0. The van der Waals surface area contributed by atoms with E-state index >= 15 is 0 Å². The van der Waals surface area contributed by atoms with Crippen LogP contribution in [-0.4, -0.2) is 51.8 Å². The highest BCUT2D eigenvalue weighted by Crippen LogP contribution is 2.30. The van der Waals surface area contributed by atoms with Crippen molar-refractivity contribution in [3.8, 4) is 5.88 Å². The van der Waals surface area contributed by atoms with Gasteiger partial charge in [0.05, 0.1) is 12.7 Å². The summed E-state index contributed by atoms with van der Waals surface area (Å²) in [5, 5.41) is 4.41. The SMILES string of the molecule is c1ccc(C(OC2CCN(CCCOc3ccc4nccn4n3)CC2)c2ccccc2)cc1. The van der Waals surface area contributed by atoms with Gasteiger partial charge in [-0.2, -0.15) is 0 Å². The summed E-state index contributed by atoms with van der Waals surface area (Å²) in [6, 6.07) is 24.9. The number of fused-ring (bicyclic) bond motifs is 1. The van der Waals surface area contributed by atoms with Crippen LogP contribution in [0.5, 0.6) is 5.88 Å². The largest absolute Gasteiger partial charge is 0.477 e. The molecular formula is C27H30N4O2. The van der Waals surface area contributed by atoms with Crippen molar-refractivity contribution in [3.05, 3.63) is 96.3 Å². The number of rotatable bonds is 9. The number of ether oxygens (including phenoxy) is 2. The van der Waals surface area contributed by atoms with Crippen molar-refractivity contribution in [2.75, 3.05) is 26.2 Å². The molecule has 1 fully saturated rings. The first-order valence-corrected chi connectivity index (χ1v) is 11.8. The fraction of sp³-hybridized carbons (Fsp3) is 0.333. The van der Waals surface area contributed by atoms with Crippen LogP contribution in [0.15, 0.2) is 85.2 Å². The van der Waals surface area contributed by atoms with Crippen molar-refractivity contribution in [3.63, 3.8) is 0 Å². The van der Waals surface area contributed by atoms with Crippen molar-refractivity contribution in [2.45, 2.75) is 31.5 Å². The van der Waals surface area contributed by atoms with Gasteiger partial charge < -0.3 is 14.4 Å². The number of imidazole rings is 1. The van der Waals surface area contributed by atoms with Crippen LogP contribution in [0.4, 0.5) is 0 Å². The molecule has 4 aromatic rings. The van der Waals surface area contributed by atoms with Crippen LogP contribution >= 0.6 is 0 Å². The minimum absolute atomic E-state index is 0.0160. The Morgan fingerprint density at radius 1 is 0.879 bits per heavy atom. The van der Waals surface area contributed by atoms with Gasteiger partial charge in [-0.25, -0.2) is 9.50 Å². The summed E-state index contributed by atoms with van der Waals surface area (Å²) in [4.78, 5) is 6.71. The van der Waals surface area contributed by atoms with E-state index in [-0.39, 0.29) is 12.2 Å². The fourth-order valence-electron chi connectivity index (χ4n) is 4.41. The molecule has 0 spiro atoms. The van der Waals surface area contributed by atoms with E-state index in [1.807, 2.05) is 18.3 Å². The van der Waals surface area contributed by atoms with E-state index in [1.54, 1.807) is 10.7 Å². The molecule has 2 aromatic heterocycles. The monoisotopic (exact) mass is 442 g/mol. The lowest BCUT2D eigenvalue weighted by molar-refractivity contribution is -0.0273. The Morgan fingerprint density at radius 3 is 2.27 bits per heavy atom. The Labute approximate surface area is 194 Å². The lowest BCUT2D eigenvalue weighted by Gasteiger charge is -2.34. The van der Waals surface area contributed by atoms with Gasteiger partial charge in [0.25, 0.3) is 0 Å². The van der Waals surface area contributed by atoms with Crippen LogP contribution in [-0.2, 0) is 4.74 Å². The predicted molar refractivity (Wildman–Crippen MR) is 128 cm³/mol. The lowest BCUT2D eigenvalue weighted by atomic mass is 10.00. The highest BCUT2D eigenvalue weighted by atomic mass is 16.5. The van der Waals surface area contributed by atoms with Crippen LogP contribution in [0.3, 0.4) is 0 Å². The average Bonchev–Trinajstić information content (AvgIpc) is 3.35. The Balaban J connectivity index is 1.08. The molecule has 170 valence electrons. The van der Waals surface area contributed by atoms with Gasteiger partial charge in [0.2, 0.25) is 5.88 Å². The smallest absolute Gasteiger partial charge is 0.231 e. The second-order valence-corrected chi connectivity index (χ2v) is 8.48. The van der Waals surface area contributed by atoms with E-state index in [2.05, 4.69) is 75.6 Å². The number of likely N-dealkylation sites (tertiary alicyclic amines) is 1. The zero-order valence-corrected chi connectivity index (χ0v) is 18.8. The number of aromatic nitrogens is 3. The minimum Gasteiger partial charge on any atom is -0.477 e. The maximum atomic E-state index is 6.66. The maximum absolute atomic E-state index is 6.66. The number of hydrogen-bond donors (Lipinski definition) is 0. The Hall–Kier alpha value is -3.22. The molecule has 33 heavy (non-hydrogen) atoms. The van der Waals surface area contributed by atoms with Crippen LogP contribution in [0, 0.1) is 0 Å². The van der Waals surface area contributed by atoms with Crippen LogP contribution < -0.4 is 4.74 Å². The molecule has 0 radical (unpaired) electrons. The Kier molecular flexibility index (Phi) is 6.94. The van der Waals surface area contributed by atoms with Crippen molar-refractivity contribution in [1.82, 2.24) is 19.5 Å². The van der Waals surface area contributed by atoms with Gasteiger partial charge in [0.1, 0.15) is 6.10 Å². The highest BCUT2D eigenvalue weighted by molar-refractivity contribution is 5.37. The first kappa shape index (κ1) is 21.6. The van der Waals surface area contributed by atoms with Gasteiger partial charge in [-0.15, -0.1) is 5.10 Å². The molecule has 0 amide bonds. The van der Waals surface area contributed by atoms with Gasteiger partial charge in [-0.05, 0) is 36.5 Å². The topological polar surface area (TPSA) is 51.9 Å². The second-order valence-electron chi connectivity index (χ2n) is 8.48. The molecule has 0 N–H and O–H groups in total. The molecule has 0 saturated carbocycles. The fourth-order valence-corrected chi connectivity index (χ4v) is 4.41. The lowest BCUT2D eigenvalue weighted by Crippen LogP contribution is -2.38. The minimum atomic E-state index is -0.0160. The summed E-state index contributed by atoms with van der Waals surface area (Å²) < 4.78 is 14.2. The van der Waals surface area contributed by atoms with Gasteiger partial charge in [0.15, 0.2) is 5.65 Å². The summed E-state index contributed by atoms with van der Waals surface area (Å²) >= 11 is 0. The molecule has 6 heteroatoms. The normalized spacial score (nSPS) is 15.3. The molecule has 5 rings (SSSR count). The zero-order valence-electron chi connectivity index (χ0n) is 18.8. The summed E-state index contributed by atoms with van der Waals surface area (Å²) in [6.07, 6.45) is 6.90. The average molecular weight is 443 g/mol. The summed E-state index contributed by atoms with van der Waals surface area (Å²) in [6.45, 7) is 3.80. The van der Waals surface area contributed by atoms with Crippen molar-refractivity contribution in [2.24, 2.45) is 0 Å². The van der Waals surface area contributed by atoms with E-state index in [0.29, 0.717) is 12.5 Å². The van der Waals surface area contributed by atoms with E-state index in [9.17, 15) is 0 Å². The summed E-state index contributed by atoms with van der Waals surface area (Å²) in [5.74, 6) is 0.639. The van der Waals surface area contributed by atoms with E-state index in [0.717, 1.165) is 44.5 Å². The number of hydrogen-bond acceptors (Lipinski definition) is 5. The molecule has 1 saturated heterocycles. The molecule has 6 nitrogen and oxygen atoms in total. The van der Waals surface area contributed by atoms with E-state index in [1.165, 1.54) is 11.1 Å². The standard InChI is InChI=1S/C27H30N4O2/c1-3-8-22(9-4-1)27(23-10-5-2-6-11-23)33-24-14-18-30(19-15-24)17-7-21-32-26-13-12-25-28-16-20-31(25)29-26/h1-6,8-13,16,20,24,27H,7,14-15,17-19,21H2. The molecule has 0 aliphatic carbocycles. The van der Waals surface area contributed by atoms with E-state index < -0.39 is 0 Å². The van der Waals surface area contributed by atoms with E-state index in [4.69, 9.17) is 9.47 Å². The molecule has 2 aromatic carbocycles. The van der Waals surface area contributed by atoms with Crippen molar-refractivity contribution < 1.29 is 9.47 Å². The first-order chi connectivity index (χ1) is 16.3. The maximum Gasteiger partial charge on any atom is 0.231 e. The van der Waals surface area contributed by atoms with Crippen LogP contribution in [0.25, 0.3) is 5.65 Å². The van der Waals surface area contributed by atoms with Crippen LogP contribution in [0.1, 0.15) is 36.5 Å². The number of benzene rings is 2. The Bertz CT molecular complexity index is 1090. The third kappa shape index (κ3) is 5.59. The predicted octanol–water partition coefficient (Wildman–Crippen LogP) is 4.77. The van der Waals surface area contributed by atoms with Gasteiger partial charge in [0, 0.05) is 38.1 Å². The molecular weight excluding hydrogens is 412 g/mol. The van der Waals surface area contributed by atoms with Gasteiger partial charge in [-0.3, -0.25) is 0 Å². The molecule has 1 aliphatic rings. The van der Waals surface area contributed by atoms with Gasteiger partial charge in [-0.1, -0.05) is 60.7 Å².